The van der Waals surface area contributed by atoms with Crippen LogP contribution in [-0.2, 0) is 4.74 Å². The lowest BCUT2D eigenvalue weighted by Crippen LogP contribution is -2.19. The largest absolute Gasteiger partial charge is 0.448 e. The van der Waals surface area contributed by atoms with Crippen molar-refractivity contribution in [3.8, 4) is 11.3 Å². The number of halogens is 3. The quantitative estimate of drug-likeness (QED) is 0.639. The number of anilines is 2. The average Bonchev–Trinajstić information content (AvgIpc) is 2.49. The zero-order valence-corrected chi connectivity index (χ0v) is 14.7. The molecule has 23 heavy (non-hydrogen) atoms. The number of aromatic nitrogens is 2. The highest BCUT2D eigenvalue weighted by molar-refractivity contribution is 9.10. The van der Waals surface area contributed by atoms with Gasteiger partial charge in [0.25, 0.3) is 0 Å². The summed E-state index contributed by atoms with van der Waals surface area (Å²) in [6, 6.07) is 5.15. The molecule has 1 heterocycles. The van der Waals surface area contributed by atoms with Gasteiger partial charge < -0.3 is 21.5 Å². The number of nitrogen functional groups attached to an aromatic ring is 1. The maximum Gasteiger partial charge on any atom is 0.404 e. The third-order valence-electron chi connectivity index (χ3n) is 2.73. The molecule has 0 saturated carbocycles. The Morgan fingerprint density at radius 2 is 2.09 bits per heavy atom. The Kier molecular flexibility index (Phi) is 5.86. The minimum Gasteiger partial charge on any atom is -0.448 e. The molecule has 2 rings (SSSR count). The number of hydrogen-bond donors (Lipinski definition) is 3. The molecule has 0 aliphatic carbocycles. The Bertz CT molecular complexity index is 745. The standard InChI is InChI=1S/C13H12BrCl2N5O2/c14-10-12(19-4-5-23-13(18)22)21-11(17)9(20-10)6-2-1-3-7(15)8(6)16/h1-3H,4-5H2,(H2,18,22)(H3,17,19,21). The summed E-state index contributed by atoms with van der Waals surface area (Å²) in [7, 11) is 0. The van der Waals surface area contributed by atoms with Gasteiger partial charge in [0.15, 0.2) is 11.6 Å². The molecular weight excluding hydrogens is 409 g/mol. The van der Waals surface area contributed by atoms with E-state index in [2.05, 4.69) is 36.0 Å². The lowest BCUT2D eigenvalue weighted by molar-refractivity contribution is 0.161. The number of nitrogens with one attached hydrogen (secondary N) is 1. The van der Waals surface area contributed by atoms with Crippen LogP contribution in [0, 0.1) is 0 Å². The summed E-state index contributed by atoms with van der Waals surface area (Å²) in [5.74, 6) is 0.577. The van der Waals surface area contributed by atoms with Crippen molar-refractivity contribution in [2.24, 2.45) is 5.73 Å². The van der Waals surface area contributed by atoms with E-state index in [0.717, 1.165) is 0 Å². The number of carbonyl (C=O) groups is 1. The van der Waals surface area contributed by atoms with Crippen molar-refractivity contribution >= 4 is 56.9 Å². The van der Waals surface area contributed by atoms with Gasteiger partial charge in [-0.1, -0.05) is 35.3 Å². The Morgan fingerprint density at radius 1 is 1.35 bits per heavy atom. The Balaban J connectivity index is 2.23. The fraction of sp³-hybridized carbons (Fsp3) is 0.154. The van der Waals surface area contributed by atoms with Gasteiger partial charge in [0.1, 0.15) is 16.9 Å². The third-order valence-corrected chi connectivity index (χ3v) is 4.10. The van der Waals surface area contributed by atoms with E-state index in [4.69, 9.17) is 34.7 Å². The molecule has 0 bridgehead atoms. The maximum absolute atomic E-state index is 10.5. The van der Waals surface area contributed by atoms with Crippen LogP contribution in [-0.4, -0.2) is 29.2 Å². The number of carbonyl (C=O) groups excluding carboxylic acids is 1. The highest BCUT2D eigenvalue weighted by atomic mass is 79.9. The molecule has 122 valence electrons. The lowest BCUT2D eigenvalue weighted by atomic mass is 10.1. The van der Waals surface area contributed by atoms with E-state index in [1.807, 2.05) is 0 Å². The summed E-state index contributed by atoms with van der Waals surface area (Å²) in [5, 5.41) is 3.66. The summed E-state index contributed by atoms with van der Waals surface area (Å²) < 4.78 is 5.03. The molecule has 0 saturated heterocycles. The molecule has 1 aromatic heterocycles. The summed E-state index contributed by atoms with van der Waals surface area (Å²) in [4.78, 5) is 19.1. The molecular formula is C13H12BrCl2N5O2. The molecule has 0 radical (unpaired) electrons. The van der Waals surface area contributed by atoms with Crippen LogP contribution in [0.1, 0.15) is 0 Å². The maximum atomic E-state index is 10.5. The molecule has 1 aromatic carbocycles. The highest BCUT2D eigenvalue weighted by Gasteiger charge is 2.15. The molecule has 0 atom stereocenters. The number of ether oxygens (including phenoxy) is 1. The molecule has 2 aromatic rings. The van der Waals surface area contributed by atoms with E-state index in [-0.39, 0.29) is 12.4 Å². The first-order chi connectivity index (χ1) is 10.9. The van der Waals surface area contributed by atoms with Gasteiger partial charge in [0, 0.05) is 5.56 Å². The van der Waals surface area contributed by atoms with Crippen LogP contribution in [0.25, 0.3) is 11.3 Å². The number of nitrogens with zero attached hydrogens (tertiary/aromatic N) is 2. The van der Waals surface area contributed by atoms with Crippen LogP contribution in [0.15, 0.2) is 22.8 Å². The van der Waals surface area contributed by atoms with Crippen LogP contribution in [0.4, 0.5) is 16.4 Å². The van der Waals surface area contributed by atoms with Crippen LogP contribution < -0.4 is 16.8 Å². The van der Waals surface area contributed by atoms with E-state index in [9.17, 15) is 4.79 Å². The van der Waals surface area contributed by atoms with Crippen molar-refractivity contribution in [2.45, 2.75) is 0 Å². The second kappa shape index (κ2) is 7.67. The van der Waals surface area contributed by atoms with Crippen molar-refractivity contribution in [2.75, 3.05) is 24.2 Å². The second-order valence-electron chi connectivity index (χ2n) is 4.29. The molecule has 0 aliphatic heterocycles. The van der Waals surface area contributed by atoms with Crippen LogP contribution in [0.2, 0.25) is 10.0 Å². The van der Waals surface area contributed by atoms with Gasteiger partial charge in [-0.2, -0.15) is 0 Å². The van der Waals surface area contributed by atoms with Crippen LogP contribution in [0.5, 0.6) is 0 Å². The van der Waals surface area contributed by atoms with Gasteiger partial charge in [0.2, 0.25) is 0 Å². The molecule has 7 nitrogen and oxygen atoms in total. The normalized spacial score (nSPS) is 10.4. The van der Waals surface area contributed by atoms with E-state index in [1.165, 1.54) is 0 Å². The fourth-order valence-corrected chi connectivity index (χ4v) is 2.54. The molecule has 0 fully saturated rings. The first kappa shape index (κ1) is 17.6. The number of amides is 1. The van der Waals surface area contributed by atoms with Gasteiger partial charge >= 0.3 is 6.09 Å². The first-order valence-corrected chi connectivity index (χ1v) is 7.88. The van der Waals surface area contributed by atoms with E-state index >= 15 is 0 Å². The number of hydrogen-bond acceptors (Lipinski definition) is 6. The molecule has 5 N–H and O–H groups in total. The monoisotopic (exact) mass is 419 g/mol. The SMILES string of the molecule is NC(=O)OCCNc1nc(N)c(-c2cccc(Cl)c2Cl)nc1Br. The molecule has 1 amide bonds. The average molecular weight is 421 g/mol. The van der Waals surface area contributed by atoms with Gasteiger partial charge in [0.05, 0.1) is 16.6 Å². The van der Waals surface area contributed by atoms with Crippen LogP contribution >= 0.6 is 39.1 Å². The van der Waals surface area contributed by atoms with Crippen molar-refractivity contribution in [3.63, 3.8) is 0 Å². The summed E-state index contributed by atoms with van der Waals surface area (Å²) in [5.41, 5.74) is 11.8. The number of primary amides is 1. The summed E-state index contributed by atoms with van der Waals surface area (Å²) >= 11 is 15.5. The number of nitrogens with two attached hydrogens (primary N) is 2. The molecule has 0 unspecified atom stereocenters. The molecule has 10 heteroatoms. The van der Waals surface area contributed by atoms with Gasteiger partial charge in [-0.25, -0.2) is 14.8 Å². The fourth-order valence-electron chi connectivity index (χ4n) is 1.75. The van der Waals surface area contributed by atoms with Crippen molar-refractivity contribution in [1.82, 2.24) is 9.97 Å². The van der Waals surface area contributed by atoms with Crippen LogP contribution in [0.3, 0.4) is 0 Å². The summed E-state index contributed by atoms with van der Waals surface area (Å²) in [6.07, 6.45) is -0.845. The highest BCUT2D eigenvalue weighted by Crippen LogP contribution is 2.36. The van der Waals surface area contributed by atoms with Crippen molar-refractivity contribution in [1.29, 1.82) is 0 Å². The Hall–Kier alpha value is -1.77. The Labute approximate surface area is 150 Å². The lowest BCUT2D eigenvalue weighted by Gasteiger charge is -2.12. The van der Waals surface area contributed by atoms with Gasteiger partial charge in [-0.05, 0) is 22.0 Å². The van der Waals surface area contributed by atoms with Crippen molar-refractivity contribution in [3.05, 3.63) is 32.8 Å². The summed E-state index contributed by atoms with van der Waals surface area (Å²) in [6.45, 7) is 0.387. The topological polar surface area (TPSA) is 116 Å². The smallest absolute Gasteiger partial charge is 0.404 e. The Morgan fingerprint density at radius 3 is 2.78 bits per heavy atom. The zero-order valence-electron chi connectivity index (χ0n) is 11.6. The predicted molar refractivity (Wildman–Crippen MR) is 93.6 cm³/mol. The minimum atomic E-state index is -0.845. The molecule has 0 aliphatic rings. The van der Waals surface area contributed by atoms with Gasteiger partial charge in [-0.15, -0.1) is 0 Å². The van der Waals surface area contributed by atoms with E-state index in [1.54, 1.807) is 18.2 Å². The molecule has 0 spiro atoms. The van der Waals surface area contributed by atoms with Crippen molar-refractivity contribution < 1.29 is 9.53 Å². The number of rotatable bonds is 5. The third kappa shape index (κ3) is 4.37. The zero-order chi connectivity index (χ0) is 17.0. The predicted octanol–water partition coefficient (Wildman–Crippen LogP) is 3.30. The second-order valence-corrected chi connectivity index (χ2v) is 5.83. The van der Waals surface area contributed by atoms with Gasteiger partial charge in [-0.3, -0.25) is 0 Å². The van der Waals surface area contributed by atoms with E-state index in [0.29, 0.717) is 38.3 Å². The number of benzene rings is 1. The van der Waals surface area contributed by atoms with E-state index < -0.39 is 6.09 Å². The first-order valence-electron chi connectivity index (χ1n) is 6.33. The minimum absolute atomic E-state index is 0.0885.